The van der Waals surface area contributed by atoms with Gasteiger partial charge in [-0.15, -0.1) is 0 Å². The van der Waals surface area contributed by atoms with Gasteiger partial charge in [0.05, 0.1) is 0 Å². The summed E-state index contributed by atoms with van der Waals surface area (Å²) in [5.74, 6) is -0.474. The van der Waals surface area contributed by atoms with Crippen LogP contribution in [0.5, 0.6) is 0 Å². The molecule has 5 heteroatoms. The number of aliphatic carboxylic acids is 1. The van der Waals surface area contributed by atoms with Crippen LogP contribution in [0.25, 0.3) is 0 Å². The van der Waals surface area contributed by atoms with Crippen molar-refractivity contribution in [2.45, 2.75) is 53.4 Å². The van der Waals surface area contributed by atoms with Crippen molar-refractivity contribution in [2.75, 3.05) is 13.1 Å². The molecular formula is C14H28N2O3. The first-order valence-corrected chi connectivity index (χ1v) is 7.00. The van der Waals surface area contributed by atoms with Crippen molar-refractivity contribution in [1.29, 1.82) is 0 Å². The molecule has 0 aliphatic heterocycles. The maximum atomic E-state index is 11.4. The van der Waals surface area contributed by atoms with Crippen LogP contribution in [0.3, 0.4) is 0 Å². The van der Waals surface area contributed by atoms with Gasteiger partial charge >= 0.3 is 12.0 Å². The van der Waals surface area contributed by atoms with Gasteiger partial charge in [-0.25, -0.2) is 4.79 Å². The minimum absolute atomic E-state index is 0.0526. The van der Waals surface area contributed by atoms with Gasteiger partial charge in [-0.05, 0) is 30.6 Å². The van der Waals surface area contributed by atoms with E-state index >= 15 is 0 Å². The van der Waals surface area contributed by atoms with Crippen molar-refractivity contribution in [3.05, 3.63) is 0 Å². The fourth-order valence-electron chi connectivity index (χ4n) is 1.97. The zero-order valence-corrected chi connectivity index (χ0v) is 12.6. The topological polar surface area (TPSA) is 78.4 Å². The highest BCUT2D eigenvalue weighted by atomic mass is 16.4. The van der Waals surface area contributed by atoms with Crippen molar-refractivity contribution >= 4 is 12.0 Å². The molecule has 19 heavy (non-hydrogen) atoms. The number of hydrogen-bond donors (Lipinski definition) is 3. The number of hydrogen-bond acceptors (Lipinski definition) is 2. The molecule has 0 bridgehead atoms. The summed E-state index contributed by atoms with van der Waals surface area (Å²) in [5, 5.41) is 14.3. The van der Waals surface area contributed by atoms with Gasteiger partial charge in [-0.2, -0.15) is 0 Å². The normalized spacial score (nSPS) is 12.8. The monoisotopic (exact) mass is 272 g/mol. The largest absolute Gasteiger partial charge is 0.481 e. The molecule has 0 fully saturated rings. The number of rotatable bonds is 8. The molecule has 0 aromatic carbocycles. The van der Waals surface area contributed by atoms with E-state index in [2.05, 4.69) is 31.4 Å². The summed E-state index contributed by atoms with van der Waals surface area (Å²) in [4.78, 5) is 22.0. The molecular weight excluding hydrogens is 244 g/mol. The van der Waals surface area contributed by atoms with E-state index in [0.29, 0.717) is 19.5 Å². The van der Waals surface area contributed by atoms with E-state index < -0.39 is 5.97 Å². The lowest BCUT2D eigenvalue weighted by molar-refractivity contribution is -0.137. The highest BCUT2D eigenvalue weighted by Crippen LogP contribution is 2.32. The Kier molecular flexibility index (Phi) is 8.19. The van der Waals surface area contributed by atoms with Crippen molar-refractivity contribution < 1.29 is 14.7 Å². The second-order valence-corrected chi connectivity index (χ2v) is 5.97. The van der Waals surface area contributed by atoms with Crippen LogP contribution in [0.15, 0.2) is 0 Å². The van der Waals surface area contributed by atoms with Gasteiger partial charge < -0.3 is 15.7 Å². The van der Waals surface area contributed by atoms with E-state index in [0.717, 1.165) is 12.8 Å². The third-order valence-corrected chi connectivity index (χ3v) is 3.25. The highest BCUT2D eigenvalue weighted by molar-refractivity contribution is 5.73. The molecule has 0 aromatic heterocycles. The zero-order chi connectivity index (χ0) is 14.9. The van der Waals surface area contributed by atoms with Crippen LogP contribution in [0.4, 0.5) is 4.79 Å². The van der Waals surface area contributed by atoms with Gasteiger partial charge in [0.25, 0.3) is 0 Å². The summed E-state index contributed by atoms with van der Waals surface area (Å²) in [6.45, 7) is 9.58. The average molecular weight is 272 g/mol. The van der Waals surface area contributed by atoms with Gasteiger partial charge in [-0.1, -0.05) is 27.7 Å². The predicted molar refractivity (Wildman–Crippen MR) is 76.1 cm³/mol. The first kappa shape index (κ1) is 17.7. The highest BCUT2D eigenvalue weighted by Gasteiger charge is 2.24. The second-order valence-electron chi connectivity index (χ2n) is 5.97. The molecule has 0 aromatic rings. The summed E-state index contributed by atoms with van der Waals surface area (Å²) in [5.41, 5.74) is 0.0526. The number of carboxylic acids is 1. The number of carbonyl (C=O) groups is 2. The molecule has 0 aliphatic rings. The van der Waals surface area contributed by atoms with E-state index in [9.17, 15) is 9.59 Å². The van der Waals surface area contributed by atoms with E-state index in [-0.39, 0.29) is 23.8 Å². The fourth-order valence-corrected chi connectivity index (χ4v) is 1.97. The molecule has 0 saturated carbocycles. The Hall–Kier alpha value is -1.26. The van der Waals surface area contributed by atoms with E-state index in [1.54, 1.807) is 0 Å². The summed E-state index contributed by atoms with van der Waals surface area (Å²) < 4.78 is 0. The molecule has 5 nitrogen and oxygen atoms in total. The summed E-state index contributed by atoms with van der Waals surface area (Å²) >= 11 is 0. The maximum Gasteiger partial charge on any atom is 0.314 e. The molecule has 1 atom stereocenters. The SMILES string of the molecule is CCCNC(=O)NCCC(CCC(=O)O)C(C)(C)C. The van der Waals surface area contributed by atoms with Crippen molar-refractivity contribution in [1.82, 2.24) is 10.6 Å². The van der Waals surface area contributed by atoms with Gasteiger partial charge in [0, 0.05) is 19.5 Å². The molecule has 0 rings (SSSR count). The number of urea groups is 1. The molecule has 2 amide bonds. The first-order chi connectivity index (χ1) is 8.77. The molecule has 0 heterocycles. The number of carbonyl (C=O) groups excluding carboxylic acids is 1. The third-order valence-electron chi connectivity index (χ3n) is 3.25. The molecule has 112 valence electrons. The molecule has 0 radical (unpaired) electrons. The van der Waals surface area contributed by atoms with Gasteiger partial charge in [0.2, 0.25) is 0 Å². The van der Waals surface area contributed by atoms with E-state index in [1.807, 2.05) is 6.92 Å². The quantitative estimate of drug-likeness (QED) is 0.635. The first-order valence-electron chi connectivity index (χ1n) is 7.00. The number of nitrogens with one attached hydrogen (secondary N) is 2. The summed E-state index contributed by atoms with van der Waals surface area (Å²) in [7, 11) is 0. The lowest BCUT2D eigenvalue weighted by atomic mass is 9.76. The molecule has 0 spiro atoms. The lowest BCUT2D eigenvalue weighted by Crippen LogP contribution is -2.37. The Morgan fingerprint density at radius 2 is 1.68 bits per heavy atom. The van der Waals surface area contributed by atoms with Crippen molar-refractivity contribution in [3.8, 4) is 0 Å². The third kappa shape index (κ3) is 9.33. The second kappa shape index (κ2) is 8.77. The van der Waals surface area contributed by atoms with E-state index in [4.69, 9.17) is 5.11 Å². The van der Waals surface area contributed by atoms with Crippen LogP contribution in [-0.4, -0.2) is 30.2 Å². The fraction of sp³-hybridized carbons (Fsp3) is 0.857. The van der Waals surface area contributed by atoms with E-state index in [1.165, 1.54) is 0 Å². The van der Waals surface area contributed by atoms with Crippen molar-refractivity contribution in [2.24, 2.45) is 11.3 Å². The van der Waals surface area contributed by atoms with Crippen LogP contribution >= 0.6 is 0 Å². The lowest BCUT2D eigenvalue weighted by Gasteiger charge is -2.30. The van der Waals surface area contributed by atoms with Crippen LogP contribution < -0.4 is 10.6 Å². The standard InChI is InChI=1S/C14H28N2O3/c1-5-9-15-13(19)16-10-8-11(14(2,3)4)6-7-12(17)18/h11H,5-10H2,1-4H3,(H,17,18)(H2,15,16,19). The van der Waals surface area contributed by atoms with Crippen LogP contribution in [0, 0.1) is 11.3 Å². The Bertz CT molecular complexity index is 285. The smallest absolute Gasteiger partial charge is 0.314 e. The van der Waals surface area contributed by atoms with Crippen LogP contribution in [0.2, 0.25) is 0 Å². The Labute approximate surface area is 116 Å². The number of carboxylic acid groups (broad SMARTS) is 1. The Balaban J connectivity index is 4.06. The zero-order valence-electron chi connectivity index (χ0n) is 12.6. The molecule has 0 aliphatic carbocycles. The molecule has 1 unspecified atom stereocenters. The maximum absolute atomic E-state index is 11.4. The average Bonchev–Trinajstić information content (AvgIpc) is 2.28. The Morgan fingerprint density at radius 1 is 1.11 bits per heavy atom. The summed E-state index contributed by atoms with van der Waals surface area (Å²) in [6.07, 6.45) is 2.55. The van der Waals surface area contributed by atoms with Gasteiger partial charge in [0.15, 0.2) is 0 Å². The van der Waals surface area contributed by atoms with Crippen LogP contribution in [-0.2, 0) is 4.79 Å². The summed E-state index contributed by atoms with van der Waals surface area (Å²) in [6, 6.07) is -0.146. The van der Waals surface area contributed by atoms with Gasteiger partial charge in [-0.3, -0.25) is 4.79 Å². The molecule has 0 saturated heterocycles. The Morgan fingerprint density at radius 3 is 2.16 bits per heavy atom. The minimum atomic E-state index is -0.761. The predicted octanol–water partition coefficient (Wildman–Crippen LogP) is 2.61. The van der Waals surface area contributed by atoms with Gasteiger partial charge in [0.1, 0.15) is 0 Å². The van der Waals surface area contributed by atoms with Crippen molar-refractivity contribution in [3.63, 3.8) is 0 Å². The van der Waals surface area contributed by atoms with Crippen LogP contribution in [0.1, 0.15) is 53.4 Å². The minimum Gasteiger partial charge on any atom is -0.481 e. The number of amides is 2. The molecule has 3 N–H and O–H groups in total.